The van der Waals surface area contributed by atoms with Crippen LogP contribution in [0.1, 0.15) is 10.6 Å². The fourth-order valence-corrected chi connectivity index (χ4v) is 2.84. The van der Waals surface area contributed by atoms with Crippen molar-refractivity contribution in [2.75, 3.05) is 7.11 Å². The Balaban J connectivity index is 2.57. The largest absolute Gasteiger partial charge is 0.495 e. The lowest BCUT2D eigenvalue weighted by Crippen LogP contribution is -2.03. The van der Waals surface area contributed by atoms with E-state index in [9.17, 15) is 13.2 Å². The molecule has 18 heavy (non-hydrogen) atoms. The van der Waals surface area contributed by atoms with Crippen LogP contribution in [0.5, 0.6) is 5.75 Å². The number of ether oxygens (including phenoxy) is 1. The topological polar surface area (TPSA) is 73.6 Å². The molecule has 0 aliphatic heterocycles. The summed E-state index contributed by atoms with van der Waals surface area (Å²) in [7, 11) is -2.44. The van der Waals surface area contributed by atoms with Crippen molar-refractivity contribution in [3.8, 4) is 5.75 Å². The van der Waals surface area contributed by atoms with E-state index in [0.29, 0.717) is 6.29 Å². The first-order chi connectivity index (χ1) is 8.59. The number of carbonyl (C=O) groups is 1. The molecule has 0 aliphatic carbocycles. The quantitative estimate of drug-likeness (QED) is 0.790. The number of hydrogen-bond acceptors (Lipinski definition) is 5. The summed E-state index contributed by atoms with van der Waals surface area (Å²) in [4.78, 5) is 10.5. The van der Waals surface area contributed by atoms with Gasteiger partial charge in [-0.25, -0.2) is 8.42 Å². The number of sulfone groups is 1. The number of furan rings is 1. The molecule has 0 amide bonds. The van der Waals surface area contributed by atoms with Gasteiger partial charge in [-0.05, 0) is 24.3 Å². The van der Waals surface area contributed by atoms with Crippen molar-refractivity contribution in [1.29, 1.82) is 0 Å². The predicted molar refractivity (Wildman–Crippen MR) is 62.5 cm³/mol. The smallest absolute Gasteiger partial charge is 0.243 e. The second-order valence-electron chi connectivity index (χ2n) is 3.43. The maximum absolute atomic E-state index is 12.3. The molecule has 1 aromatic carbocycles. The Kier molecular flexibility index (Phi) is 3.20. The molecule has 0 fully saturated rings. The van der Waals surface area contributed by atoms with Crippen LogP contribution in [0.15, 0.2) is 50.8 Å². The minimum absolute atomic E-state index is 0.000649. The molecule has 5 nitrogen and oxygen atoms in total. The molecule has 1 heterocycles. The predicted octanol–water partition coefficient (Wildman–Crippen LogP) is 1.93. The lowest BCUT2D eigenvalue weighted by Gasteiger charge is -2.06. The minimum atomic E-state index is -3.82. The lowest BCUT2D eigenvalue weighted by atomic mass is 10.3. The Labute approximate surface area is 104 Å². The molecule has 0 atom stereocenters. The van der Waals surface area contributed by atoms with Gasteiger partial charge in [0.2, 0.25) is 14.9 Å². The van der Waals surface area contributed by atoms with Crippen LogP contribution in [0.3, 0.4) is 0 Å². The zero-order valence-electron chi connectivity index (χ0n) is 9.49. The zero-order valence-corrected chi connectivity index (χ0v) is 10.3. The third-order valence-corrected chi connectivity index (χ3v) is 4.01. The van der Waals surface area contributed by atoms with Gasteiger partial charge < -0.3 is 9.15 Å². The normalized spacial score (nSPS) is 11.2. The van der Waals surface area contributed by atoms with Gasteiger partial charge in [-0.2, -0.15) is 0 Å². The number of rotatable bonds is 4. The SMILES string of the molecule is COc1ccccc1S(=O)(=O)c1ccc(C=O)o1. The summed E-state index contributed by atoms with van der Waals surface area (Å²) in [5.74, 6) is 0.185. The van der Waals surface area contributed by atoms with Crippen molar-refractivity contribution < 1.29 is 22.4 Å². The number of methoxy groups -OCH3 is 1. The van der Waals surface area contributed by atoms with Gasteiger partial charge in [-0.1, -0.05) is 12.1 Å². The van der Waals surface area contributed by atoms with Crippen molar-refractivity contribution in [3.63, 3.8) is 0 Å². The van der Waals surface area contributed by atoms with E-state index in [1.165, 1.54) is 31.4 Å². The monoisotopic (exact) mass is 266 g/mol. The van der Waals surface area contributed by atoms with Crippen molar-refractivity contribution in [3.05, 3.63) is 42.2 Å². The first-order valence-electron chi connectivity index (χ1n) is 5.02. The van der Waals surface area contributed by atoms with Crippen molar-refractivity contribution in [2.24, 2.45) is 0 Å². The van der Waals surface area contributed by atoms with E-state index < -0.39 is 9.84 Å². The van der Waals surface area contributed by atoms with Crippen LogP contribution in [-0.2, 0) is 9.84 Å². The number of aldehydes is 1. The summed E-state index contributed by atoms with van der Waals surface area (Å²) in [6, 6.07) is 8.74. The van der Waals surface area contributed by atoms with Crippen molar-refractivity contribution in [2.45, 2.75) is 9.99 Å². The molecule has 6 heteroatoms. The fourth-order valence-electron chi connectivity index (χ4n) is 1.49. The third kappa shape index (κ3) is 2.02. The highest BCUT2D eigenvalue weighted by atomic mass is 32.2. The molecular formula is C12H10O5S. The maximum Gasteiger partial charge on any atom is 0.243 e. The summed E-state index contributed by atoms with van der Waals surface area (Å²) in [6.07, 6.45) is 0.446. The van der Waals surface area contributed by atoms with E-state index >= 15 is 0 Å². The van der Waals surface area contributed by atoms with Crippen LogP contribution < -0.4 is 4.74 Å². The first kappa shape index (κ1) is 12.4. The molecule has 2 aromatic rings. The standard InChI is InChI=1S/C12H10O5S/c1-16-10-4-2-3-5-11(10)18(14,15)12-7-6-9(8-13)17-12/h2-8H,1H3. The molecule has 0 spiro atoms. The van der Waals surface area contributed by atoms with Crippen LogP contribution in [0.2, 0.25) is 0 Å². The lowest BCUT2D eigenvalue weighted by molar-refractivity contribution is 0.109. The number of hydrogen-bond donors (Lipinski definition) is 0. The van der Waals surface area contributed by atoms with Gasteiger partial charge in [0.15, 0.2) is 12.0 Å². The maximum atomic E-state index is 12.3. The fraction of sp³-hybridized carbons (Fsp3) is 0.0833. The summed E-state index contributed by atoms with van der Waals surface area (Å²) < 4.78 is 34.4. The molecule has 0 N–H and O–H groups in total. The Hall–Kier alpha value is -2.08. The average molecular weight is 266 g/mol. The highest BCUT2D eigenvalue weighted by Gasteiger charge is 2.25. The summed E-state index contributed by atoms with van der Waals surface area (Å²) in [5, 5.41) is -0.283. The summed E-state index contributed by atoms with van der Waals surface area (Å²) in [5.41, 5.74) is 0. The Morgan fingerprint density at radius 1 is 1.17 bits per heavy atom. The third-order valence-electron chi connectivity index (χ3n) is 2.34. The molecule has 94 valence electrons. The van der Waals surface area contributed by atoms with Crippen LogP contribution in [0.25, 0.3) is 0 Å². The van der Waals surface area contributed by atoms with Gasteiger partial charge in [0.05, 0.1) is 7.11 Å². The van der Waals surface area contributed by atoms with E-state index in [0.717, 1.165) is 0 Å². The summed E-state index contributed by atoms with van der Waals surface area (Å²) >= 11 is 0. The number of benzene rings is 1. The van der Waals surface area contributed by atoms with Crippen molar-refractivity contribution >= 4 is 16.1 Å². The molecule has 2 rings (SSSR count). The van der Waals surface area contributed by atoms with E-state index in [2.05, 4.69) is 0 Å². The second-order valence-corrected chi connectivity index (χ2v) is 5.28. The van der Waals surface area contributed by atoms with Crippen LogP contribution >= 0.6 is 0 Å². The van der Waals surface area contributed by atoms with Gasteiger partial charge in [-0.3, -0.25) is 4.79 Å². The molecule has 0 radical (unpaired) electrons. The van der Waals surface area contributed by atoms with Gasteiger partial charge >= 0.3 is 0 Å². The second kappa shape index (κ2) is 4.66. The molecule has 0 saturated carbocycles. The first-order valence-corrected chi connectivity index (χ1v) is 6.51. The highest BCUT2D eigenvalue weighted by Crippen LogP contribution is 2.29. The van der Waals surface area contributed by atoms with Gasteiger partial charge in [0.25, 0.3) is 0 Å². The Morgan fingerprint density at radius 2 is 1.89 bits per heavy atom. The van der Waals surface area contributed by atoms with E-state index in [1.807, 2.05) is 0 Å². The van der Waals surface area contributed by atoms with Crippen molar-refractivity contribution in [1.82, 2.24) is 0 Å². The highest BCUT2D eigenvalue weighted by molar-refractivity contribution is 7.91. The van der Waals surface area contributed by atoms with Gasteiger partial charge in [0.1, 0.15) is 10.6 Å². The molecule has 0 unspecified atom stereocenters. The number of carbonyl (C=O) groups excluding carboxylic acids is 1. The average Bonchev–Trinajstić information content (AvgIpc) is 2.88. The molecule has 0 saturated heterocycles. The van der Waals surface area contributed by atoms with E-state index in [-0.39, 0.29) is 21.5 Å². The zero-order chi connectivity index (χ0) is 13.2. The molecule has 1 aromatic heterocycles. The minimum Gasteiger partial charge on any atom is -0.495 e. The van der Waals surface area contributed by atoms with E-state index in [1.54, 1.807) is 12.1 Å². The van der Waals surface area contributed by atoms with Gasteiger partial charge in [-0.15, -0.1) is 0 Å². The Bertz CT molecular complexity index is 669. The van der Waals surface area contributed by atoms with Gasteiger partial charge in [0, 0.05) is 0 Å². The molecule has 0 bridgehead atoms. The summed E-state index contributed by atoms with van der Waals surface area (Å²) in [6.45, 7) is 0. The van der Waals surface area contributed by atoms with Crippen LogP contribution in [-0.4, -0.2) is 21.8 Å². The van der Waals surface area contributed by atoms with E-state index in [4.69, 9.17) is 9.15 Å². The molecule has 0 aliphatic rings. The van der Waals surface area contributed by atoms with Crippen LogP contribution in [0, 0.1) is 0 Å². The van der Waals surface area contributed by atoms with Crippen LogP contribution in [0.4, 0.5) is 0 Å². The molecular weight excluding hydrogens is 256 g/mol. The Morgan fingerprint density at radius 3 is 2.50 bits per heavy atom. The number of para-hydroxylation sites is 1.